The molecule has 4 N–H and O–H groups in total. The second kappa shape index (κ2) is 4.02. The molecule has 70 valence electrons. The number of benzene rings is 1. The van der Waals surface area contributed by atoms with Gasteiger partial charge in [0.2, 0.25) is 0 Å². The molecule has 0 saturated carbocycles. The van der Waals surface area contributed by atoms with Crippen molar-refractivity contribution in [2.45, 2.75) is 13.0 Å². The summed E-state index contributed by atoms with van der Waals surface area (Å²) in [6.07, 6.45) is 0. The van der Waals surface area contributed by atoms with Gasteiger partial charge in [-0.05, 0) is 24.6 Å². The first-order chi connectivity index (χ1) is 6.15. The lowest BCUT2D eigenvalue weighted by Gasteiger charge is -2.09. The minimum Gasteiger partial charge on any atom is -0.478 e. The van der Waals surface area contributed by atoms with Gasteiger partial charge in [0.1, 0.15) is 0 Å². The monoisotopic (exact) mass is 180 g/mol. The maximum Gasteiger partial charge on any atom is 0.335 e. The normalized spacial score (nSPS) is 12.5. The van der Waals surface area contributed by atoms with Crippen LogP contribution in [0.2, 0.25) is 0 Å². The highest BCUT2D eigenvalue weighted by molar-refractivity contribution is 5.87. The van der Waals surface area contributed by atoms with Gasteiger partial charge in [0.05, 0.1) is 5.56 Å². The van der Waals surface area contributed by atoms with Crippen molar-refractivity contribution in [3.05, 3.63) is 35.4 Å². The lowest BCUT2D eigenvalue weighted by molar-refractivity contribution is 0.0697. The third-order valence-electron chi connectivity index (χ3n) is 1.91. The van der Waals surface area contributed by atoms with Crippen molar-refractivity contribution in [2.75, 3.05) is 0 Å². The van der Waals surface area contributed by atoms with Gasteiger partial charge in [0, 0.05) is 6.04 Å². The molecule has 0 spiro atoms. The molecule has 0 radical (unpaired) electrons. The van der Waals surface area contributed by atoms with Crippen LogP contribution in [0.5, 0.6) is 0 Å². The Labute approximate surface area is 76.3 Å². The van der Waals surface area contributed by atoms with Gasteiger partial charge in [-0.25, -0.2) is 4.79 Å². The van der Waals surface area contributed by atoms with E-state index in [9.17, 15) is 4.79 Å². The summed E-state index contributed by atoms with van der Waals surface area (Å²) in [6, 6.07) is 6.64. The minimum absolute atomic E-state index is 0.0304. The summed E-state index contributed by atoms with van der Waals surface area (Å²) in [6.45, 7) is 1.90. The van der Waals surface area contributed by atoms with Crippen LogP contribution in [0.3, 0.4) is 0 Å². The third-order valence-corrected chi connectivity index (χ3v) is 1.91. The molecule has 4 heteroatoms. The number of carboxylic acid groups (broad SMARTS) is 1. The summed E-state index contributed by atoms with van der Waals surface area (Å²) < 4.78 is 0. The zero-order valence-corrected chi connectivity index (χ0v) is 7.32. The number of aromatic carboxylic acids is 1. The van der Waals surface area contributed by atoms with Crippen molar-refractivity contribution in [1.29, 1.82) is 0 Å². The molecule has 1 aromatic carbocycles. The Hall–Kier alpha value is -1.39. The quantitative estimate of drug-likeness (QED) is 0.477. The summed E-state index contributed by atoms with van der Waals surface area (Å²) in [5.74, 6) is 4.32. The second-order valence-corrected chi connectivity index (χ2v) is 2.82. The van der Waals surface area contributed by atoms with Crippen molar-refractivity contribution in [1.82, 2.24) is 5.43 Å². The van der Waals surface area contributed by atoms with Gasteiger partial charge in [-0.1, -0.05) is 12.1 Å². The summed E-state index contributed by atoms with van der Waals surface area (Å²) in [5, 5.41) is 8.63. The molecule has 0 fully saturated rings. The number of hydrazine groups is 1. The van der Waals surface area contributed by atoms with E-state index in [0.29, 0.717) is 0 Å². The number of nitrogens with one attached hydrogen (secondary N) is 1. The minimum atomic E-state index is -0.917. The predicted molar refractivity (Wildman–Crippen MR) is 49.1 cm³/mol. The molecule has 0 heterocycles. The Kier molecular flexibility index (Phi) is 3.00. The highest BCUT2D eigenvalue weighted by Crippen LogP contribution is 2.11. The van der Waals surface area contributed by atoms with Crippen LogP contribution < -0.4 is 11.3 Å². The third kappa shape index (κ3) is 2.27. The van der Waals surface area contributed by atoms with Crippen LogP contribution in [-0.2, 0) is 0 Å². The summed E-state index contributed by atoms with van der Waals surface area (Å²) in [7, 11) is 0. The fourth-order valence-electron chi connectivity index (χ4n) is 1.01. The molecule has 1 rings (SSSR count). The molecular weight excluding hydrogens is 168 g/mol. The van der Waals surface area contributed by atoms with E-state index in [0.717, 1.165) is 5.56 Å². The van der Waals surface area contributed by atoms with E-state index in [1.807, 2.05) is 6.92 Å². The second-order valence-electron chi connectivity index (χ2n) is 2.82. The van der Waals surface area contributed by atoms with Crippen LogP contribution in [-0.4, -0.2) is 11.1 Å². The molecule has 4 nitrogen and oxygen atoms in total. The lowest BCUT2D eigenvalue weighted by atomic mass is 10.1. The Bertz CT molecular complexity index is 295. The Balaban J connectivity index is 2.87. The van der Waals surface area contributed by atoms with Crippen molar-refractivity contribution in [3.8, 4) is 0 Å². The maximum atomic E-state index is 10.5. The van der Waals surface area contributed by atoms with Gasteiger partial charge < -0.3 is 5.11 Å². The van der Waals surface area contributed by atoms with Gasteiger partial charge in [-0.2, -0.15) is 0 Å². The molecule has 13 heavy (non-hydrogen) atoms. The molecular formula is C9H12N2O2. The first-order valence-corrected chi connectivity index (χ1v) is 3.94. The zero-order chi connectivity index (χ0) is 9.84. The highest BCUT2D eigenvalue weighted by atomic mass is 16.4. The van der Waals surface area contributed by atoms with Gasteiger partial charge in [-0.15, -0.1) is 0 Å². The van der Waals surface area contributed by atoms with Gasteiger partial charge in [0.25, 0.3) is 0 Å². The SMILES string of the molecule is C[C@@H](NN)c1ccc(C(=O)O)cc1. The van der Waals surface area contributed by atoms with E-state index < -0.39 is 5.97 Å². The van der Waals surface area contributed by atoms with Gasteiger partial charge in [-0.3, -0.25) is 11.3 Å². The summed E-state index contributed by atoms with van der Waals surface area (Å²) in [5.41, 5.74) is 3.83. The fraction of sp³-hybridized carbons (Fsp3) is 0.222. The van der Waals surface area contributed by atoms with E-state index in [1.165, 1.54) is 0 Å². The van der Waals surface area contributed by atoms with Crippen LogP contribution in [0.1, 0.15) is 28.9 Å². The molecule has 0 saturated heterocycles. The number of nitrogens with two attached hydrogens (primary N) is 1. The molecule has 0 aromatic heterocycles. The van der Waals surface area contributed by atoms with Crippen LogP contribution in [0, 0.1) is 0 Å². The van der Waals surface area contributed by atoms with Crippen LogP contribution in [0.15, 0.2) is 24.3 Å². The number of carbonyl (C=O) groups is 1. The molecule has 0 aliphatic heterocycles. The molecule has 0 amide bonds. The summed E-state index contributed by atoms with van der Waals surface area (Å²) >= 11 is 0. The fourth-order valence-corrected chi connectivity index (χ4v) is 1.01. The van der Waals surface area contributed by atoms with Crippen LogP contribution in [0.25, 0.3) is 0 Å². The average molecular weight is 180 g/mol. The molecule has 0 aliphatic rings. The van der Waals surface area contributed by atoms with Crippen molar-refractivity contribution in [3.63, 3.8) is 0 Å². The summed E-state index contributed by atoms with van der Waals surface area (Å²) in [4.78, 5) is 10.5. The van der Waals surface area contributed by atoms with Crippen molar-refractivity contribution >= 4 is 5.97 Å². The van der Waals surface area contributed by atoms with Crippen LogP contribution in [0.4, 0.5) is 0 Å². The van der Waals surface area contributed by atoms with E-state index in [4.69, 9.17) is 10.9 Å². The molecule has 0 bridgehead atoms. The van der Waals surface area contributed by atoms with Crippen molar-refractivity contribution in [2.24, 2.45) is 5.84 Å². The first kappa shape index (κ1) is 9.70. The van der Waals surface area contributed by atoms with Crippen molar-refractivity contribution < 1.29 is 9.90 Å². The number of hydrogen-bond acceptors (Lipinski definition) is 3. The topological polar surface area (TPSA) is 75.3 Å². The first-order valence-electron chi connectivity index (χ1n) is 3.94. The molecule has 1 aromatic rings. The van der Waals surface area contributed by atoms with E-state index in [2.05, 4.69) is 5.43 Å². The largest absolute Gasteiger partial charge is 0.478 e. The number of carboxylic acids is 1. The van der Waals surface area contributed by atoms with E-state index in [1.54, 1.807) is 24.3 Å². The van der Waals surface area contributed by atoms with Gasteiger partial charge >= 0.3 is 5.97 Å². The smallest absolute Gasteiger partial charge is 0.335 e. The average Bonchev–Trinajstić information content (AvgIpc) is 2.17. The molecule has 0 unspecified atom stereocenters. The zero-order valence-electron chi connectivity index (χ0n) is 7.32. The molecule has 0 aliphatic carbocycles. The predicted octanol–water partition coefficient (Wildman–Crippen LogP) is 0.909. The Morgan fingerprint density at radius 2 is 2.00 bits per heavy atom. The molecule has 1 atom stereocenters. The maximum absolute atomic E-state index is 10.5. The standard InChI is InChI=1S/C9H12N2O2/c1-6(11-10)7-2-4-8(5-3-7)9(12)13/h2-6,11H,10H2,1H3,(H,12,13)/t6-/m1/s1. The highest BCUT2D eigenvalue weighted by Gasteiger charge is 2.04. The van der Waals surface area contributed by atoms with Gasteiger partial charge in [0.15, 0.2) is 0 Å². The Morgan fingerprint density at radius 1 is 1.46 bits per heavy atom. The number of rotatable bonds is 3. The Morgan fingerprint density at radius 3 is 2.38 bits per heavy atom. The number of hydrogen-bond donors (Lipinski definition) is 3. The van der Waals surface area contributed by atoms with Crippen LogP contribution >= 0.6 is 0 Å². The van der Waals surface area contributed by atoms with E-state index in [-0.39, 0.29) is 11.6 Å². The lowest BCUT2D eigenvalue weighted by Crippen LogP contribution is -2.25. The van der Waals surface area contributed by atoms with E-state index >= 15 is 0 Å².